The van der Waals surface area contributed by atoms with Gasteiger partial charge in [-0.1, -0.05) is 66.8 Å². The molecule has 2 aromatic rings. The number of benzene rings is 2. The van der Waals surface area contributed by atoms with Crippen LogP contribution in [-0.2, 0) is 12.1 Å². The molecule has 1 aliphatic carbocycles. The summed E-state index contributed by atoms with van der Waals surface area (Å²) in [5.41, 5.74) is 5.34. The minimum atomic E-state index is -1.63. The predicted octanol–water partition coefficient (Wildman–Crippen LogP) is 3.53. The van der Waals surface area contributed by atoms with Crippen molar-refractivity contribution in [3.63, 3.8) is 0 Å². The van der Waals surface area contributed by atoms with Crippen LogP contribution in [0.2, 0.25) is 5.54 Å². The molecule has 2 heterocycles. The molecule has 2 unspecified atom stereocenters. The van der Waals surface area contributed by atoms with Crippen molar-refractivity contribution in [1.82, 2.24) is 0 Å². The Morgan fingerprint density at radius 2 is 1.52 bits per heavy atom. The fourth-order valence-electron chi connectivity index (χ4n) is 5.09. The molecule has 0 amide bonds. The van der Waals surface area contributed by atoms with Crippen molar-refractivity contribution in [3.05, 3.63) is 84.0 Å². The Hall–Kier alpha value is -2.06. The number of nitrogens with zero attached hydrogens (tertiary/aromatic N) is 1. The molecule has 0 radical (unpaired) electrons. The number of anilines is 1. The van der Waals surface area contributed by atoms with Gasteiger partial charge in [0.1, 0.15) is 8.07 Å². The van der Waals surface area contributed by atoms with Crippen molar-refractivity contribution in [2.75, 3.05) is 11.9 Å². The topological polar surface area (TPSA) is 3.24 Å². The van der Waals surface area contributed by atoms with Crippen LogP contribution >= 0.6 is 0 Å². The van der Waals surface area contributed by atoms with Crippen LogP contribution in [0.1, 0.15) is 11.1 Å². The van der Waals surface area contributed by atoms with Crippen LogP contribution < -0.4 is 10.1 Å². The third-order valence-corrected chi connectivity index (χ3v) is 11.5. The molecular weight excluding hydrogens is 294 g/mol. The highest BCUT2D eigenvalue weighted by Crippen LogP contribution is 2.46. The van der Waals surface area contributed by atoms with Gasteiger partial charge in [-0.3, -0.25) is 0 Å². The average Bonchev–Trinajstić information content (AvgIpc) is 3.00. The van der Waals surface area contributed by atoms with E-state index in [1.807, 2.05) is 0 Å². The zero-order valence-electron chi connectivity index (χ0n) is 13.4. The highest BCUT2D eigenvalue weighted by Gasteiger charge is 2.53. The number of para-hydroxylation sites is 1. The maximum Gasteiger partial charge on any atom is 0.107 e. The second-order valence-corrected chi connectivity index (χ2v) is 11.4. The van der Waals surface area contributed by atoms with Crippen molar-refractivity contribution in [1.29, 1.82) is 0 Å². The summed E-state index contributed by atoms with van der Waals surface area (Å²) < 4.78 is 0. The first-order chi connectivity index (χ1) is 11.3. The van der Waals surface area contributed by atoms with Crippen molar-refractivity contribution in [3.8, 4) is 0 Å². The number of allylic oxidation sites excluding steroid dienone is 2. The molecule has 2 heteroatoms. The van der Waals surface area contributed by atoms with E-state index >= 15 is 0 Å². The lowest BCUT2D eigenvalue weighted by Crippen LogP contribution is -2.64. The Morgan fingerprint density at radius 3 is 2.30 bits per heavy atom. The van der Waals surface area contributed by atoms with Crippen LogP contribution in [0.25, 0.3) is 0 Å². The Balaban J connectivity index is 1.75. The standard InChI is InChI=1S/C21H21NSi/c1-22-18-10-4-6-12-20(18)23(21-13-7-5-11-19(21)22)14-16-8-2-3-9-17(16)15-23/h2-13,18,20H,14-15H2,1H3. The lowest BCUT2D eigenvalue weighted by Gasteiger charge is -2.50. The molecule has 0 saturated heterocycles. The van der Waals surface area contributed by atoms with E-state index in [4.69, 9.17) is 0 Å². The van der Waals surface area contributed by atoms with Gasteiger partial charge in [-0.05, 0) is 34.5 Å². The van der Waals surface area contributed by atoms with E-state index < -0.39 is 8.07 Å². The number of hydrogen-bond acceptors (Lipinski definition) is 1. The fraction of sp³-hybridized carbons (Fsp3) is 0.238. The lowest BCUT2D eigenvalue weighted by molar-refractivity contribution is 0.719. The van der Waals surface area contributed by atoms with Crippen LogP contribution in [0.15, 0.2) is 72.8 Å². The molecule has 114 valence electrons. The minimum Gasteiger partial charge on any atom is -0.368 e. The van der Waals surface area contributed by atoms with Crippen LogP contribution in [0.3, 0.4) is 0 Å². The molecule has 5 rings (SSSR count). The van der Waals surface area contributed by atoms with Gasteiger partial charge in [-0.2, -0.15) is 0 Å². The number of rotatable bonds is 0. The van der Waals surface area contributed by atoms with E-state index in [1.165, 1.54) is 17.8 Å². The van der Waals surface area contributed by atoms with Crippen molar-refractivity contribution in [2.24, 2.45) is 0 Å². The Bertz CT molecular complexity index is 810. The van der Waals surface area contributed by atoms with Crippen molar-refractivity contribution >= 4 is 18.9 Å². The molecule has 0 N–H and O–H groups in total. The normalized spacial score (nSPS) is 26.0. The molecule has 0 saturated carbocycles. The van der Waals surface area contributed by atoms with Crippen molar-refractivity contribution < 1.29 is 0 Å². The van der Waals surface area contributed by atoms with Crippen molar-refractivity contribution in [2.45, 2.75) is 23.7 Å². The highest BCUT2D eigenvalue weighted by atomic mass is 28.3. The van der Waals surface area contributed by atoms with Gasteiger partial charge in [0, 0.05) is 18.3 Å². The summed E-state index contributed by atoms with van der Waals surface area (Å²) in [4.78, 5) is 2.50. The Kier molecular flexibility index (Phi) is 2.74. The van der Waals surface area contributed by atoms with Crippen LogP contribution in [0.5, 0.6) is 0 Å². The van der Waals surface area contributed by atoms with Gasteiger partial charge in [-0.15, -0.1) is 0 Å². The van der Waals surface area contributed by atoms with Crippen LogP contribution in [-0.4, -0.2) is 21.2 Å². The molecule has 0 fully saturated rings. The zero-order chi connectivity index (χ0) is 15.4. The Morgan fingerprint density at radius 1 is 0.870 bits per heavy atom. The SMILES string of the molecule is CN1c2ccccc2[Si]2(Cc3ccccc3C2)C2C=CC=CC21. The third-order valence-electron chi connectivity index (χ3n) is 6.14. The second kappa shape index (κ2) is 4.72. The molecule has 2 aliphatic heterocycles. The molecule has 23 heavy (non-hydrogen) atoms. The summed E-state index contributed by atoms with van der Waals surface area (Å²) in [5.74, 6) is 0. The highest BCUT2D eigenvalue weighted by molar-refractivity contribution is 6.94. The Labute approximate surface area is 139 Å². The molecule has 0 bridgehead atoms. The molecule has 1 nitrogen and oxygen atoms in total. The fourth-order valence-corrected chi connectivity index (χ4v) is 11.1. The van der Waals surface area contributed by atoms with Gasteiger partial charge >= 0.3 is 0 Å². The largest absolute Gasteiger partial charge is 0.368 e. The van der Waals surface area contributed by atoms with Gasteiger partial charge in [0.2, 0.25) is 0 Å². The molecule has 1 spiro atoms. The zero-order valence-corrected chi connectivity index (χ0v) is 14.4. The molecule has 0 aromatic heterocycles. The monoisotopic (exact) mass is 315 g/mol. The smallest absolute Gasteiger partial charge is 0.107 e. The number of fused-ring (bicyclic) bond motifs is 5. The summed E-state index contributed by atoms with van der Waals surface area (Å²) in [6, 6.07) is 21.4. The number of hydrogen-bond donors (Lipinski definition) is 0. The van der Waals surface area contributed by atoms with Gasteiger partial charge in [0.25, 0.3) is 0 Å². The van der Waals surface area contributed by atoms with Gasteiger partial charge < -0.3 is 4.90 Å². The molecular formula is C21H21NSi. The maximum absolute atomic E-state index is 2.51. The summed E-state index contributed by atoms with van der Waals surface area (Å²) >= 11 is 0. The van der Waals surface area contributed by atoms with Crippen LogP contribution in [0, 0.1) is 0 Å². The summed E-state index contributed by atoms with van der Waals surface area (Å²) in [5, 5.41) is 1.67. The maximum atomic E-state index is 2.51. The summed E-state index contributed by atoms with van der Waals surface area (Å²) in [7, 11) is 0.639. The quantitative estimate of drug-likeness (QED) is 0.672. The average molecular weight is 315 g/mol. The van der Waals surface area contributed by atoms with E-state index in [1.54, 1.807) is 16.3 Å². The van der Waals surface area contributed by atoms with E-state index in [0.29, 0.717) is 11.6 Å². The second-order valence-electron chi connectivity index (χ2n) is 7.19. The van der Waals surface area contributed by atoms with Gasteiger partial charge in [0.05, 0.1) is 6.04 Å². The molecule has 2 aromatic carbocycles. The lowest BCUT2D eigenvalue weighted by atomic mass is 10.1. The van der Waals surface area contributed by atoms with E-state index in [9.17, 15) is 0 Å². The minimum absolute atomic E-state index is 0.524. The molecule has 3 aliphatic rings. The van der Waals surface area contributed by atoms with Crippen LogP contribution in [0.4, 0.5) is 5.69 Å². The first kappa shape index (κ1) is 13.4. The van der Waals surface area contributed by atoms with E-state index in [0.717, 1.165) is 0 Å². The first-order valence-corrected chi connectivity index (χ1v) is 11.0. The first-order valence-electron chi connectivity index (χ1n) is 8.54. The van der Waals surface area contributed by atoms with Gasteiger partial charge in [0.15, 0.2) is 0 Å². The third kappa shape index (κ3) is 1.73. The van der Waals surface area contributed by atoms with Gasteiger partial charge in [-0.25, -0.2) is 0 Å². The summed E-state index contributed by atoms with van der Waals surface area (Å²) in [6.07, 6.45) is 9.43. The van der Waals surface area contributed by atoms with E-state index in [-0.39, 0.29) is 0 Å². The van der Waals surface area contributed by atoms with E-state index in [2.05, 4.69) is 84.8 Å². The molecule has 2 atom stereocenters. The number of likely N-dealkylation sites (N-methyl/N-ethyl adjacent to an activating group) is 1. The predicted molar refractivity (Wildman–Crippen MR) is 99.9 cm³/mol. The summed E-state index contributed by atoms with van der Waals surface area (Å²) in [6.45, 7) is 0.